The van der Waals surface area contributed by atoms with Gasteiger partial charge in [0.2, 0.25) is 10.0 Å². The van der Waals surface area contributed by atoms with Gasteiger partial charge in [0, 0.05) is 6.04 Å². The minimum Gasteiger partial charge on any atom is -0.506 e. The smallest absolute Gasteiger partial charge is 0.244 e. The van der Waals surface area contributed by atoms with Crippen molar-refractivity contribution in [2.45, 2.75) is 50.0 Å². The van der Waals surface area contributed by atoms with Gasteiger partial charge in [0.25, 0.3) is 0 Å². The number of nitrogens with one attached hydrogen (secondary N) is 1. The molecular formula is C13H19NO3S. The van der Waals surface area contributed by atoms with E-state index in [1.165, 1.54) is 12.5 Å². The number of hydrogen-bond acceptors (Lipinski definition) is 3. The molecule has 0 bridgehead atoms. The van der Waals surface area contributed by atoms with Gasteiger partial charge in [-0.1, -0.05) is 31.4 Å². The predicted molar refractivity (Wildman–Crippen MR) is 70.0 cm³/mol. The molecule has 2 rings (SSSR count). The second-order valence-electron chi connectivity index (χ2n) is 4.88. The average molecular weight is 269 g/mol. The molecule has 0 spiro atoms. The van der Waals surface area contributed by atoms with E-state index in [1.54, 1.807) is 19.1 Å². The fourth-order valence-corrected chi connectivity index (χ4v) is 3.83. The Kier molecular flexibility index (Phi) is 3.92. The fraction of sp³-hybridized carbons (Fsp3) is 0.538. The highest BCUT2D eigenvalue weighted by atomic mass is 32.2. The van der Waals surface area contributed by atoms with Crippen LogP contribution in [0.1, 0.15) is 37.7 Å². The maximum absolute atomic E-state index is 12.2. The lowest BCUT2D eigenvalue weighted by Crippen LogP contribution is -2.36. The van der Waals surface area contributed by atoms with Crippen LogP contribution in [0.4, 0.5) is 0 Å². The highest BCUT2D eigenvalue weighted by Crippen LogP contribution is 2.27. The molecule has 4 nitrogen and oxygen atoms in total. The van der Waals surface area contributed by atoms with Gasteiger partial charge in [0.1, 0.15) is 10.6 Å². The van der Waals surface area contributed by atoms with Crippen molar-refractivity contribution in [3.05, 3.63) is 23.8 Å². The van der Waals surface area contributed by atoms with Crippen LogP contribution in [0.25, 0.3) is 0 Å². The quantitative estimate of drug-likeness (QED) is 0.885. The van der Waals surface area contributed by atoms with E-state index in [4.69, 9.17) is 0 Å². The maximum Gasteiger partial charge on any atom is 0.244 e. The highest BCUT2D eigenvalue weighted by molar-refractivity contribution is 7.89. The van der Waals surface area contributed by atoms with Crippen molar-refractivity contribution < 1.29 is 13.5 Å². The molecular weight excluding hydrogens is 250 g/mol. The van der Waals surface area contributed by atoms with Crippen LogP contribution in [-0.4, -0.2) is 19.6 Å². The number of hydrogen-bond donors (Lipinski definition) is 2. The van der Waals surface area contributed by atoms with Crippen molar-refractivity contribution in [1.82, 2.24) is 4.72 Å². The second-order valence-corrected chi connectivity index (χ2v) is 6.56. The van der Waals surface area contributed by atoms with E-state index in [9.17, 15) is 13.5 Å². The van der Waals surface area contributed by atoms with Crippen LogP contribution in [0, 0.1) is 6.92 Å². The third kappa shape index (κ3) is 2.84. The lowest BCUT2D eigenvalue weighted by Gasteiger charge is -2.22. The van der Waals surface area contributed by atoms with Gasteiger partial charge in [-0.3, -0.25) is 0 Å². The van der Waals surface area contributed by atoms with Gasteiger partial charge in [0.15, 0.2) is 0 Å². The topological polar surface area (TPSA) is 66.4 Å². The standard InChI is InChI=1S/C13H19NO3S/c1-10-6-5-9-12(13(10)15)18(16,17)14-11-7-3-2-4-8-11/h5-6,9,11,14-15H,2-4,7-8H2,1H3. The Bertz CT molecular complexity index is 519. The minimum absolute atomic E-state index is 0.00339. The zero-order valence-electron chi connectivity index (χ0n) is 10.5. The van der Waals surface area contributed by atoms with Crippen LogP contribution in [0.3, 0.4) is 0 Å². The molecule has 0 unspecified atom stereocenters. The van der Waals surface area contributed by atoms with Crippen LogP contribution in [0.2, 0.25) is 0 Å². The van der Waals surface area contributed by atoms with E-state index < -0.39 is 10.0 Å². The molecule has 1 aromatic rings. The van der Waals surface area contributed by atoms with Crippen LogP contribution >= 0.6 is 0 Å². The van der Waals surface area contributed by atoms with Crippen LogP contribution in [0.5, 0.6) is 5.75 Å². The van der Waals surface area contributed by atoms with Crippen molar-refractivity contribution in [3.63, 3.8) is 0 Å². The summed E-state index contributed by atoms with van der Waals surface area (Å²) in [5.74, 6) is -0.152. The van der Waals surface area contributed by atoms with E-state index in [0.29, 0.717) is 5.56 Å². The Labute approximate surface area is 108 Å². The van der Waals surface area contributed by atoms with Crippen molar-refractivity contribution in [3.8, 4) is 5.75 Å². The second kappa shape index (κ2) is 5.28. The Balaban J connectivity index is 2.22. The predicted octanol–water partition coefficient (Wildman–Crippen LogP) is 2.31. The van der Waals surface area contributed by atoms with E-state index >= 15 is 0 Å². The number of benzene rings is 1. The van der Waals surface area contributed by atoms with Crippen LogP contribution in [0.15, 0.2) is 23.1 Å². The molecule has 5 heteroatoms. The molecule has 0 heterocycles. The van der Waals surface area contributed by atoms with Crippen molar-refractivity contribution in [1.29, 1.82) is 0 Å². The first-order chi connectivity index (χ1) is 8.50. The summed E-state index contributed by atoms with van der Waals surface area (Å²) in [7, 11) is -3.61. The van der Waals surface area contributed by atoms with Crippen molar-refractivity contribution >= 4 is 10.0 Å². The third-order valence-corrected chi connectivity index (χ3v) is 4.97. The molecule has 0 aliphatic heterocycles. The maximum atomic E-state index is 12.2. The summed E-state index contributed by atoms with van der Waals surface area (Å²) in [6.45, 7) is 1.69. The van der Waals surface area contributed by atoms with E-state index in [1.807, 2.05) is 0 Å². The summed E-state index contributed by atoms with van der Waals surface area (Å²) in [5.41, 5.74) is 0.571. The van der Waals surface area contributed by atoms with Crippen molar-refractivity contribution in [2.75, 3.05) is 0 Å². The lowest BCUT2D eigenvalue weighted by molar-refractivity contribution is 0.409. The first-order valence-corrected chi connectivity index (χ1v) is 7.80. The van der Waals surface area contributed by atoms with E-state index in [2.05, 4.69) is 4.72 Å². The van der Waals surface area contributed by atoms with E-state index in [0.717, 1.165) is 25.7 Å². The Morgan fingerprint density at radius 2 is 1.89 bits per heavy atom. The van der Waals surface area contributed by atoms with Crippen LogP contribution < -0.4 is 4.72 Å². The number of aryl methyl sites for hydroxylation is 1. The number of phenols is 1. The van der Waals surface area contributed by atoms with E-state index in [-0.39, 0.29) is 16.7 Å². The zero-order valence-corrected chi connectivity index (χ0v) is 11.3. The zero-order chi connectivity index (χ0) is 13.2. The number of phenolic OH excluding ortho intramolecular Hbond substituents is 1. The molecule has 1 fully saturated rings. The molecule has 1 aromatic carbocycles. The molecule has 0 aromatic heterocycles. The summed E-state index contributed by atoms with van der Waals surface area (Å²) in [6, 6.07) is 4.77. The Hall–Kier alpha value is -1.07. The molecule has 2 N–H and O–H groups in total. The first-order valence-electron chi connectivity index (χ1n) is 6.31. The Morgan fingerprint density at radius 1 is 1.22 bits per heavy atom. The summed E-state index contributed by atoms with van der Waals surface area (Å²) < 4.78 is 27.1. The molecule has 0 radical (unpaired) electrons. The lowest BCUT2D eigenvalue weighted by atomic mass is 9.96. The molecule has 18 heavy (non-hydrogen) atoms. The largest absolute Gasteiger partial charge is 0.506 e. The molecule has 1 aliphatic carbocycles. The van der Waals surface area contributed by atoms with Crippen LogP contribution in [-0.2, 0) is 10.0 Å². The van der Waals surface area contributed by atoms with Gasteiger partial charge in [-0.15, -0.1) is 0 Å². The van der Waals surface area contributed by atoms with Gasteiger partial charge in [0.05, 0.1) is 0 Å². The summed E-state index contributed by atoms with van der Waals surface area (Å²) >= 11 is 0. The molecule has 100 valence electrons. The molecule has 0 saturated heterocycles. The fourth-order valence-electron chi connectivity index (χ4n) is 2.35. The highest BCUT2D eigenvalue weighted by Gasteiger charge is 2.24. The summed E-state index contributed by atoms with van der Waals surface area (Å²) in [6.07, 6.45) is 5.06. The summed E-state index contributed by atoms with van der Waals surface area (Å²) in [5, 5.41) is 9.84. The average Bonchev–Trinajstić information content (AvgIpc) is 2.33. The third-order valence-electron chi connectivity index (χ3n) is 3.42. The number of aromatic hydroxyl groups is 1. The number of sulfonamides is 1. The normalized spacial score (nSPS) is 17.8. The first kappa shape index (κ1) is 13.4. The minimum atomic E-state index is -3.61. The summed E-state index contributed by atoms with van der Waals surface area (Å²) in [4.78, 5) is -0.0203. The van der Waals surface area contributed by atoms with Gasteiger partial charge in [-0.25, -0.2) is 13.1 Å². The molecule has 0 atom stereocenters. The number of rotatable bonds is 3. The van der Waals surface area contributed by atoms with Gasteiger partial charge >= 0.3 is 0 Å². The van der Waals surface area contributed by atoms with Gasteiger partial charge in [-0.2, -0.15) is 0 Å². The molecule has 1 saturated carbocycles. The van der Waals surface area contributed by atoms with Gasteiger partial charge in [-0.05, 0) is 31.4 Å². The Morgan fingerprint density at radius 3 is 2.56 bits per heavy atom. The monoisotopic (exact) mass is 269 g/mol. The molecule has 1 aliphatic rings. The molecule has 0 amide bonds. The SMILES string of the molecule is Cc1cccc(S(=O)(=O)NC2CCCCC2)c1O. The van der Waals surface area contributed by atoms with Crippen molar-refractivity contribution in [2.24, 2.45) is 0 Å². The number of para-hydroxylation sites is 1. The van der Waals surface area contributed by atoms with Gasteiger partial charge < -0.3 is 5.11 Å².